The number of carbonyl (C=O) groups is 2. The van der Waals surface area contributed by atoms with E-state index in [1.807, 2.05) is 72.3 Å². The van der Waals surface area contributed by atoms with E-state index in [-0.39, 0.29) is 19.1 Å². The Labute approximate surface area is 205 Å². The van der Waals surface area contributed by atoms with Gasteiger partial charge in [0.1, 0.15) is 5.75 Å². The number of methoxy groups -OCH3 is 1. The van der Waals surface area contributed by atoms with Crippen LogP contribution in [0.5, 0.6) is 5.75 Å². The first-order valence-electron chi connectivity index (χ1n) is 10.7. The van der Waals surface area contributed by atoms with Crippen molar-refractivity contribution in [2.45, 2.75) is 19.5 Å². The number of hydrogen-bond donors (Lipinski definition) is 3. The Bertz CT molecular complexity index is 1190. The lowest BCUT2D eigenvalue weighted by molar-refractivity contribution is -0.192. The summed E-state index contributed by atoms with van der Waals surface area (Å²) >= 11 is 0. The van der Waals surface area contributed by atoms with E-state index < -0.39 is 12.1 Å². The van der Waals surface area contributed by atoms with Crippen LogP contribution in [-0.4, -0.2) is 58.1 Å². The van der Waals surface area contributed by atoms with E-state index >= 15 is 0 Å². The smallest absolute Gasteiger partial charge is 0.490 e. The van der Waals surface area contributed by atoms with Gasteiger partial charge in [0.05, 0.1) is 31.4 Å². The molecule has 0 aliphatic heterocycles. The molecule has 1 amide bonds. The van der Waals surface area contributed by atoms with Crippen LogP contribution in [0.25, 0.3) is 11.8 Å². The number of carboxylic acids is 1. The Morgan fingerprint density at radius 2 is 1.83 bits per heavy atom. The lowest BCUT2D eigenvalue weighted by Crippen LogP contribution is -2.28. The van der Waals surface area contributed by atoms with E-state index in [1.165, 1.54) is 0 Å². The van der Waals surface area contributed by atoms with Crippen molar-refractivity contribution in [1.29, 1.82) is 0 Å². The zero-order valence-electron chi connectivity index (χ0n) is 19.6. The average molecular weight is 505 g/mol. The van der Waals surface area contributed by atoms with Gasteiger partial charge in [-0.1, -0.05) is 36.4 Å². The quantitative estimate of drug-likeness (QED) is 0.404. The summed E-state index contributed by atoms with van der Waals surface area (Å²) in [5.41, 5.74) is 4.29. The second-order valence-electron chi connectivity index (χ2n) is 7.47. The van der Waals surface area contributed by atoms with Crippen molar-refractivity contribution < 1.29 is 37.7 Å². The van der Waals surface area contributed by atoms with Crippen molar-refractivity contribution in [3.8, 4) is 11.4 Å². The van der Waals surface area contributed by atoms with Gasteiger partial charge in [0.25, 0.3) is 0 Å². The maximum atomic E-state index is 12.6. The lowest BCUT2D eigenvalue weighted by Gasteiger charge is -2.12. The normalized spacial score (nSPS) is 11.3. The van der Waals surface area contributed by atoms with Crippen LogP contribution in [0.2, 0.25) is 0 Å². The number of benzene rings is 2. The molecule has 0 aliphatic carbocycles. The number of nitrogens with zero attached hydrogens (tertiary/aromatic N) is 2. The summed E-state index contributed by atoms with van der Waals surface area (Å²) in [5, 5.41) is 18.9. The number of carbonyl (C=O) groups excluding carboxylic acids is 1. The number of alkyl halides is 3. The van der Waals surface area contributed by atoms with Gasteiger partial charge in [0.15, 0.2) is 0 Å². The molecule has 3 aromatic rings. The zero-order valence-corrected chi connectivity index (χ0v) is 19.6. The van der Waals surface area contributed by atoms with Crippen LogP contribution in [0.3, 0.4) is 0 Å². The van der Waals surface area contributed by atoms with Gasteiger partial charge < -0.3 is 24.8 Å². The lowest BCUT2D eigenvalue weighted by atomic mass is 10.0. The van der Waals surface area contributed by atoms with Crippen molar-refractivity contribution in [3.63, 3.8) is 0 Å². The fraction of sp³-hybridized carbons (Fsp3) is 0.240. The predicted octanol–water partition coefficient (Wildman–Crippen LogP) is 3.56. The van der Waals surface area contributed by atoms with E-state index in [0.29, 0.717) is 17.7 Å². The molecule has 0 saturated carbocycles. The fourth-order valence-electron chi connectivity index (χ4n) is 3.05. The van der Waals surface area contributed by atoms with Crippen LogP contribution in [0.15, 0.2) is 66.6 Å². The predicted molar refractivity (Wildman–Crippen MR) is 127 cm³/mol. The number of nitrogens with one attached hydrogen (secondary N) is 1. The first-order valence-corrected chi connectivity index (χ1v) is 10.7. The number of aryl methyl sites for hydroxylation is 1. The molecule has 0 saturated heterocycles. The number of amides is 1. The topological polar surface area (TPSA) is 114 Å². The van der Waals surface area contributed by atoms with Gasteiger partial charge in [0.2, 0.25) is 5.91 Å². The largest absolute Gasteiger partial charge is 0.495 e. The molecule has 0 spiro atoms. The van der Waals surface area contributed by atoms with Crippen LogP contribution in [0.4, 0.5) is 13.2 Å². The highest BCUT2D eigenvalue weighted by Gasteiger charge is 2.38. The SMILES string of the molecule is COc1cc(C=C(Cc2ccccc2)C(=O)NCCO)ccc1-n1cnc(C)c1.O=C(O)C(F)(F)F. The minimum absolute atomic E-state index is 0.100. The summed E-state index contributed by atoms with van der Waals surface area (Å²) in [6, 6.07) is 15.6. The third kappa shape index (κ3) is 8.58. The second kappa shape index (κ2) is 13.1. The molecule has 2 aromatic carbocycles. The number of aliphatic hydroxyl groups excluding tert-OH is 1. The third-order valence-corrected chi connectivity index (χ3v) is 4.70. The second-order valence-corrected chi connectivity index (χ2v) is 7.47. The molecule has 0 bridgehead atoms. The van der Waals surface area contributed by atoms with Crippen LogP contribution in [-0.2, 0) is 16.0 Å². The van der Waals surface area contributed by atoms with Crippen molar-refractivity contribution in [3.05, 3.63) is 83.4 Å². The Morgan fingerprint density at radius 3 is 2.36 bits per heavy atom. The van der Waals surface area contributed by atoms with Gasteiger partial charge in [-0.15, -0.1) is 0 Å². The number of rotatable bonds is 8. The molecule has 0 fully saturated rings. The van der Waals surface area contributed by atoms with Gasteiger partial charge in [-0.2, -0.15) is 13.2 Å². The van der Waals surface area contributed by atoms with Crippen molar-refractivity contribution in [2.24, 2.45) is 0 Å². The van der Waals surface area contributed by atoms with Gasteiger partial charge >= 0.3 is 12.1 Å². The van der Waals surface area contributed by atoms with Crippen LogP contribution in [0, 0.1) is 6.92 Å². The molecular formula is C25H26F3N3O5. The molecule has 36 heavy (non-hydrogen) atoms. The van der Waals surface area contributed by atoms with Crippen molar-refractivity contribution in [1.82, 2.24) is 14.9 Å². The summed E-state index contributed by atoms with van der Waals surface area (Å²) in [5.74, 6) is -2.27. The van der Waals surface area contributed by atoms with Crippen LogP contribution < -0.4 is 10.1 Å². The van der Waals surface area contributed by atoms with E-state index in [0.717, 1.165) is 22.5 Å². The highest BCUT2D eigenvalue weighted by Crippen LogP contribution is 2.26. The number of ether oxygens (including phenoxy) is 1. The Balaban J connectivity index is 0.000000572. The van der Waals surface area contributed by atoms with Gasteiger partial charge in [-0.05, 0) is 36.3 Å². The minimum atomic E-state index is -5.08. The van der Waals surface area contributed by atoms with E-state index in [4.69, 9.17) is 19.7 Å². The Morgan fingerprint density at radius 1 is 1.17 bits per heavy atom. The average Bonchev–Trinajstić information content (AvgIpc) is 3.28. The first-order chi connectivity index (χ1) is 17.0. The summed E-state index contributed by atoms with van der Waals surface area (Å²) in [6.45, 7) is 2.05. The van der Waals surface area contributed by atoms with Gasteiger partial charge in [-0.3, -0.25) is 4.79 Å². The molecule has 0 atom stereocenters. The zero-order chi connectivity index (χ0) is 26.7. The number of aliphatic carboxylic acids is 1. The number of halogens is 3. The Kier molecular flexibility index (Phi) is 10.2. The summed E-state index contributed by atoms with van der Waals surface area (Å²) < 4.78 is 39.2. The van der Waals surface area contributed by atoms with E-state index in [2.05, 4.69) is 10.3 Å². The van der Waals surface area contributed by atoms with Gasteiger partial charge in [0, 0.05) is 24.7 Å². The van der Waals surface area contributed by atoms with Crippen LogP contribution >= 0.6 is 0 Å². The summed E-state index contributed by atoms with van der Waals surface area (Å²) in [7, 11) is 1.62. The maximum Gasteiger partial charge on any atom is 0.490 e. The number of carboxylic acid groups (broad SMARTS) is 1. The number of hydrogen-bond acceptors (Lipinski definition) is 5. The summed E-state index contributed by atoms with van der Waals surface area (Å²) in [4.78, 5) is 25.8. The molecule has 0 unspecified atom stereocenters. The minimum Gasteiger partial charge on any atom is -0.495 e. The Hall–Kier alpha value is -4.12. The number of imidazole rings is 1. The molecule has 0 radical (unpaired) electrons. The molecular weight excluding hydrogens is 479 g/mol. The highest BCUT2D eigenvalue weighted by molar-refractivity contribution is 5.98. The third-order valence-electron chi connectivity index (χ3n) is 4.70. The molecule has 3 rings (SSSR count). The molecule has 1 aromatic heterocycles. The van der Waals surface area contributed by atoms with Crippen LogP contribution in [0.1, 0.15) is 16.8 Å². The first kappa shape index (κ1) is 28.1. The molecule has 11 heteroatoms. The fourth-order valence-corrected chi connectivity index (χ4v) is 3.05. The van der Waals surface area contributed by atoms with Crippen molar-refractivity contribution >= 4 is 18.0 Å². The molecule has 1 heterocycles. The standard InChI is InChI=1S/C23H25N3O3.C2HF3O2/c1-17-15-26(16-25-17)21-9-8-19(14-22(21)29-2)13-20(23(28)24-10-11-27)12-18-6-4-3-5-7-18;3-2(4,5)1(6)7/h3-9,13-16,27H,10-12H2,1-2H3,(H,24,28);(H,6,7). The summed E-state index contributed by atoms with van der Waals surface area (Å²) in [6.07, 6.45) is 0.927. The number of aliphatic hydroxyl groups is 1. The molecule has 0 aliphatic rings. The number of aromatic nitrogens is 2. The molecule has 192 valence electrons. The maximum absolute atomic E-state index is 12.6. The highest BCUT2D eigenvalue weighted by atomic mass is 19.4. The van der Waals surface area contributed by atoms with E-state index in [9.17, 15) is 18.0 Å². The molecule has 8 nitrogen and oxygen atoms in total. The van der Waals surface area contributed by atoms with Crippen molar-refractivity contribution in [2.75, 3.05) is 20.3 Å². The monoisotopic (exact) mass is 505 g/mol. The van der Waals surface area contributed by atoms with E-state index in [1.54, 1.807) is 13.4 Å². The molecule has 3 N–H and O–H groups in total. The van der Waals surface area contributed by atoms with Gasteiger partial charge in [-0.25, -0.2) is 9.78 Å².